The van der Waals surface area contributed by atoms with E-state index in [2.05, 4.69) is 17.5 Å². The van der Waals surface area contributed by atoms with Crippen molar-refractivity contribution < 1.29 is 4.79 Å². The first kappa shape index (κ1) is 18.0. The number of rotatable bonds is 5. The van der Waals surface area contributed by atoms with E-state index in [0.29, 0.717) is 13.0 Å². The van der Waals surface area contributed by atoms with Crippen molar-refractivity contribution in [3.8, 4) is 0 Å². The van der Waals surface area contributed by atoms with Gasteiger partial charge in [-0.1, -0.05) is 31.5 Å². The van der Waals surface area contributed by atoms with Crippen LogP contribution in [0.5, 0.6) is 0 Å². The van der Waals surface area contributed by atoms with E-state index in [-0.39, 0.29) is 18.3 Å². The quantitative estimate of drug-likeness (QED) is 0.908. The number of hydrogen-bond acceptors (Lipinski definition) is 3. The van der Waals surface area contributed by atoms with Crippen LogP contribution >= 0.6 is 23.7 Å². The minimum Gasteiger partial charge on any atom is -0.340 e. The number of hydrogen-bond donors (Lipinski definition) is 1. The highest BCUT2D eigenvalue weighted by Gasteiger charge is 2.30. The van der Waals surface area contributed by atoms with Gasteiger partial charge >= 0.3 is 0 Å². The largest absolute Gasteiger partial charge is 0.340 e. The Hall–Kier alpha value is -1.10. The number of benzene rings is 1. The highest BCUT2D eigenvalue weighted by atomic mass is 35.5. The Morgan fingerprint density at radius 1 is 1.38 bits per heavy atom. The molecule has 21 heavy (non-hydrogen) atoms. The summed E-state index contributed by atoms with van der Waals surface area (Å²) in [5.41, 5.74) is 6.54. The van der Waals surface area contributed by atoms with Crippen molar-refractivity contribution in [3.05, 3.63) is 35.2 Å². The molecule has 1 amide bonds. The lowest BCUT2D eigenvalue weighted by Crippen LogP contribution is -2.51. The lowest BCUT2D eigenvalue weighted by atomic mass is 9.95. The molecule has 0 aliphatic rings. The first-order valence-electron chi connectivity index (χ1n) is 6.95. The van der Waals surface area contributed by atoms with E-state index < -0.39 is 5.54 Å². The third-order valence-corrected chi connectivity index (χ3v) is 4.59. The summed E-state index contributed by atoms with van der Waals surface area (Å²) in [7, 11) is 1.83. The zero-order valence-electron chi connectivity index (χ0n) is 12.8. The van der Waals surface area contributed by atoms with Gasteiger partial charge in [0.15, 0.2) is 0 Å². The van der Waals surface area contributed by atoms with Crippen LogP contribution in [0.25, 0.3) is 10.1 Å². The molecule has 0 saturated carbocycles. The van der Waals surface area contributed by atoms with Crippen LogP contribution < -0.4 is 5.73 Å². The third kappa shape index (κ3) is 3.96. The van der Waals surface area contributed by atoms with Gasteiger partial charge in [0, 0.05) is 18.3 Å². The Labute approximate surface area is 136 Å². The van der Waals surface area contributed by atoms with Crippen LogP contribution in [0.3, 0.4) is 0 Å². The number of carbonyl (C=O) groups is 1. The van der Waals surface area contributed by atoms with Gasteiger partial charge in [0.1, 0.15) is 0 Å². The summed E-state index contributed by atoms with van der Waals surface area (Å²) < 4.78 is 1.26. The van der Waals surface area contributed by atoms with E-state index in [1.807, 2.05) is 33.0 Å². The molecule has 0 spiro atoms. The lowest BCUT2D eigenvalue weighted by Gasteiger charge is -2.29. The Morgan fingerprint density at radius 3 is 2.71 bits per heavy atom. The minimum absolute atomic E-state index is 0. The molecular weight excluding hydrogens is 304 g/mol. The van der Waals surface area contributed by atoms with Gasteiger partial charge in [0.25, 0.3) is 0 Å². The molecule has 116 valence electrons. The van der Waals surface area contributed by atoms with Crippen molar-refractivity contribution in [1.82, 2.24) is 4.90 Å². The number of amides is 1. The number of carbonyl (C=O) groups excluding carboxylic acids is 1. The summed E-state index contributed by atoms with van der Waals surface area (Å²) >= 11 is 1.72. The maximum Gasteiger partial charge on any atom is 0.242 e. The third-order valence-electron chi connectivity index (χ3n) is 3.57. The van der Waals surface area contributed by atoms with Crippen LogP contribution in [-0.2, 0) is 11.3 Å². The summed E-state index contributed by atoms with van der Waals surface area (Å²) in [5, 5.41) is 3.36. The molecule has 3 nitrogen and oxygen atoms in total. The molecule has 0 radical (unpaired) electrons. The van der Waals surface area contributed by atoms with Gasteiger partial charge in [-0.05, 0) is 35.7 Å². The van der Waals surface area contributed by atoms with Gasteiger partial charge in [-0.2, -0.15) is 0 Å². The van der Waals surface area contributed by atoms with Crippen LogP contribution in [0.2, 0.25) is 0 Å². The average molecular weight is 327 g/mol. The van der Waals surface area contributed by atoms with Crippen molar-refractivity contribution in [3.63, 3.8) is 0 Å². The van der Waals surface area contributed by atoms with E-state index in [1.54, 1.807) is 16.2 Å². The van der Waals surface area contributed by atoms with Crippen LogP contribution in [0.1, 0.15) is 32.3 Å². The van der Waals surface area contributed by atoms with Gasteiger partial charge in [-0.3, -0.25) is 4.79 Å². The molecule has 1 unspecified atom stereocenters. The first-order chi connectivity index (χ1) is 9.45. The number of nitrogens with zero attached hydrogens (tertiary/aromatic N) is 1. The molecule has 2 aromatic rings. The second-order valence-electron chi connectivity index (χ2n) is 5.59. The molecule has 0 aliphatic heterocycles. The van der Waals surface area contributed by atoms with Crippen molar-refractivity contribution >= 4 is 39.7 Å². The second-order valence-corrected chi connectivity index (χ2v) is 6.50. The molecule has 1 aromatic carbocycles. The lowest BCUT2D eigenvalue weighted by molar-refractivity contribution is -0.135. The Bertz CT molecular complexity index is 609. The van der Waals surface area contributed by atoms with Gasteiger partial charge < -0.3 is 10.6 Å². The monoisotopic (exact) mass is 326 g/mol. The summed E-state index contributed by atoms with van der Waals surface area (Å²) in [4.78, 5) is 14.2. The van der Waals surface area contributed by atoms with Gasteiger partial charge in [0.05, 0.1) is 5.54 Å². The van der Waals surface area contributed by atoms with Crippen LogP contribution in [0.15, 0.2) is 29.6 Å². The maximum atomic E-state index is 12.4. The number of likely N-dealkylation sites (N-methyl/N-ethyl adjacent to an activating group) is 1. The number of nitrogens with two attached hydrogens (primary N) is 1. The highest BCUT2D eigenvalue weighted by Crippen LogP contribution is 2.27. The Morgan fingerprint density at radius 2 is 2.05 bits per heavy atom. The van der Waals surface area contributed by atoms with Gasteiger partial charge in [-0.25, -0.2) is 0 Å². The van der Waals surface area contributed by atoms with Gasteiger partial charge in [-0.15, -0.1) is 23.7 Å². The molecule has 1 atom stereocenters. The fourth-order valence-corrected chi connectivity index (χ4v) is 3.50. The molecule has 2 rings (SSSR count). The van der Waals surface area contributed by atoms with Crippen molar-refractivity contribution in [1.29, 1.82) is 0 Å². The molecule has 1 aromatic heterocycles. The maximum absolute atomic E-state index is 12.4. The van der Waals surface area contributed by atoms with E-state index >= 15 is 0 Å². The summed E-state index contributed by atoms with van der Waals surface area (Å²) in [6.07, 6.45) is 1.62. The second kappa shape index (κ2) is 7.25. The zero-order valence-corrected chi connectivity index (χ0v) is 14.4. The van der Waals surface area contributed by atoms with Crippen LogP contribution in [0.4, 0.5) is 0 Å². The number of thiophene rings is 1. The van der Waals surface area contributed by atoms with E-state index in [9.17, 15) is 4.79 Å². The normalized spacial score (nSPS) is 13.5. The molecule has 2 N–H and O–H groups in total. The van der Waals surface area contributed by atoms with Crippen LogP contribution in [-0.4, -0.2) is 23.4 Å². The van der Waals surface area contributed by atoms with E-state index in [0.717, 1.165) is 6.42 Å². The predicted octanol–water partition coefficient (Wildman–Crippen LogP) is 3.80. The standard InChI is InChI=1S/C16H22N2OS.ClH/c1-4-9-16(2,17)15(19)18(3)10-12-11-20-14-8-6-5-7-13(12)14;/h5-8,11H,4,9-10,17H2,1-3H3;1H. The molecule has 0 aliphatic carbocycles. The molecule has 0 bridgehead atoms. The van der Waals surface area contributed by atoms with Crippen LogP contribution in [0, 0.1) is 0 Å². The summed E-state index contributed by atoms with van der Waals surface area (Å²) in [6, 6.07) is 8.28. The van der Waals surface area contributed by atoms with Crippen molar-refractivity contribution in [2.45, 2.75) is 38.8 Å². The topological polar surface area (TPSA) is 46.3 Å². The average Bonchev–Trinajstić information content (AvgIpc) is 2.81. The smallest absolute Gasteiger partial charge is 0.242 e. The molecule has 1 heterocycles. The molecule has 5 heteroatoms. The SMILES string of the molecule is CCCC(C)(N)C(=O)N(C)Cc1csc2ccccc12.Cl. The highest BCUT2D eigenvalue weighted by molar-refractivity contribution is 7.17. The minimum atomic E-state index is -0.769. The Kier molecular flexibility index (Phi) is 6.20. The fourth-order valence-electron chi connectivity index (χ4n) is 2.54. The summed E-state index contributed by atoms with van der Waals surface area (Å²) in [5.74, 6) is 0.00892. The molecule has 0 fully saturated rings. The number of halogens is 1. The van der Waals surface area contributed by atoms with Crippen molar-refractivity contribution in [2.24, 2.45) is 5.73 Å². The number of fused-ring (bicyclic) bond motifs is 1. The van der Waals surface area contributed by atoms with Crippen molar-refractivity contribution in [2.75, 3.05) is 7.05 Å². The fraction of sp³-hybridized carbons (Fsp3) is 0.438. The molecular formula is C16H23ClN2OS. The van der Waals surface area contributed by atoms with E-state index in [1.165, 1.54) is 15.6 Å². The first-order valence-corrected chi connectivity index (χ1v) is 7.83. The Balaban J connectivity index is 0.00000220. The predicted molar refractivity (Wildman–Crippen MR) is 93.0 cm³/mol. The zero-order chi connectivity index (χ0) is 14.8. The molecule has 0 saturated heterocycles. The van der Waals surface area contributed by atoms with E-state index in [4.69, 9.17) is 5.73 Å². The summed E-state index contributed by atoms with van der Waals surface area (Å²) in [6.45, 7) is 4.48. The van der Waals surface area contributed by atoms with Gasteiger partial charge in [0.2, 0.25) is 5.91 Å².